The Morgan fingerprint density at radius 3 is 2.36 bits per heavy atom. The van der Waals surface area contributed by atoms with Gasteiger partial charge in [0.05, 0.1) is 9.83 Å². The fourth-order valence-corrected chi connectivity index (χ4v) is 5.12. The number of rotatable bonds is 6. The highest BCUT2D eigenvalue weighted by atomic mass is 32.2. The van der Waals surface area contributed by atoms with Crippen LogP contribution in [0.25, 0.3) is 6.08 Å². The third-order valence-electron chi connectivity index (χ3n) is 6.02. The van der Waals surface area contributed by atoms with Gasteiger partial charge in [0.25, 0.3) is 11.6 Å². The van der Waals surface area contributed by atoms with Gasteiger partial charge < -0.3 is 14.5 Å². The fourth-order valence-electron chi connectivity index (χ4n) is 4.17. The van der Waals surface area contributed by atoms with Crippen LogP contribution in [-0.4, -0.2) is 47.1 Å². The van der Waals surface area contributed by atoms with Crippen molar-refractivity contribution < 1.29 is 14.5 Å². The van der Waals surface area contributed by atoms with Gasteiger partial charge >= 0.3 is 0 Å². The first kappa shape index (κ1) is 23.6. The Morgan fingerprint density at radius 1 is 0.917 bits per heavy atom. The largest absolute Gasteiger partial charge is 0.488 e. The van der Waals surface area contributed by atoms with Gasteiger partial charge in [-0.05, 0) is 35.5 Å². The van der Waals surface area contributed by atoms with Crippen LogP contribution in [-0.2, 0) is 11.4 Å². The van der Waals surface area contributed by atoms with Gasteiger partial charge in [0.1, 0.15) is 18.0 Å². The number of nitro benzene ring substituents is 1. The number of benzene rings is 3. The van der Waals surface area contributed by atoms with Crippen LogP contribution in [0.5, 0.6) is 5.75 Å². The number of hydrogen-bond acceptors (Lipinski definition) is 7. The van der Waals surface area contributed by atoms with E-state index in [2.05, 4.69) is 9.89 Å². The molecular weight excluding hydrogens is 476 g/mol. The SMILES string of the molecule is O=C1N=C(N2CCN(c3ccccc3[N+](=O)[O-])CC2)SC1=Cc1ccccc1OCc1ccccc1. The summed E-state index contributed by atoms with van der Waals surface area (Å²) in [4.78, 5) is 32.6. The molecule has 0 radical (unpaired) electrons. The molecule has 36 heavy (non-hydrogen) atoms. The van der Waals surface area contributed by atoms with Crippen molar-refractivity contribution in [1.29, 1.82) is 0 Å². The van der Waals surface area contributed by atoms with Crippen molar-refractivity contribution in [2.24, 2.45) is 4.99 Å². The minimum atomic E-state index is -0.351. The summed E-state index contributed by atoms with van der Waals surface area (Å²) < 4.78 is 6.03. The molecule has 3 aromatic rings. The number of aliphatic imine (C=N–C) groups is 1. The molecule has 8 nitrogen and oxygen atoms in total. The monoisotopic (exact) mass is 500 g/mol. The first-order valence-electron chi connectivity index (χ1n) is 11.6. The lowest BCUT2D eigenvalue weighted by molar-refractivity contribution is -0.384. The van der Waals surface area contributed by atoms with Gasteiger partial charge in [-0.25, -0.2) is 0 Å². The average Bonchev–Trinajstić information content (AvgIpc) is 3.28. The highest BCUT2D eigenvalue weighted by molar-refractivity contribution is 8.18. The van der Waals surface area contributed by atoms with E-state index in [-0.39, 0.29) is 16.5 Å². The normalized spacial score (nSPS) is 16.8. The zero-order valence-corrected chi connectivity index (χ0v) is 20.3. The summed E-state index contributed by atoms with van der Waals surface area (Å²) in [5.41, 5.74) is 2.61. The summed E-state index contributed by atoms with van der Waals surface area (Å²) >= 11 is 1.35. The number of carbonyl (C=O) groups is 1. The molecule has 2 aliphatic rings. The predicted molar refractivity (Wildman–Crippen MR) is 142 cm³/mol. The molecule has 182 valence electrons. The quantitative estimate of drug-likeness (QED) is 0.268. The molecule has 2 heterocycles. The van der Waals surface area contributed by atoms with E-state index in [1.54, 1.807) is 12.1 Å². The lowest BCUT2D eigenvalue weighted by Crippen LogP contribution is -2.48. The number of ether oxygens (including phenoxy) is 1. The molecule has 1 saturated heterocycles. The van der Waals surface area contributed by atoms with Crippen LogP contribution in [0.15, 0.2) is 88.8 Å². The van der Waals surface area contributed by atoms with Crippen LogP contribution in [0.1, 0.15) is 11.1 Å². The van der Waals surface area contributed by atoms with Gasteiger partial charge in [0, 0.05) is 37.8 Å². The highest BCUT2D eigenvalue weighted by Gasteiger charge is 2.30. The third-order valence-corrected chi connectivity index (χ3v) is 7.07. The molecule has 0 unspecified atom stereocenters. The van der Waals surface area contributed by atoms with Gasteiger partial charge in [-0.2, -0.15) is 4.99 Å². The molecule has 3 aromatic carbocycles. The first-order valence-corrected chi connectivity index (χ1v) is 12.4. The Bertz CT molecular complexity index is 1330. The number of hydrogen-bond donors (Lipinski definition) is 0. The van der Waals surface area contributed by atoms with Gasteiger partial charge in [0.2, 0.25) is 0 Å². The second-order valence-electron chi connectivity index (χ2n) is 8.34. The van der Waals surface area contributed by atoms with Crippen molar-refractivity contribution in [3.63, 3.8) is 0 Å². The Balaban J connectivity index is 1.24. The van der Waals surface area contributed by atoms with Crippen molar-refractivity contribution in [1.82, 2.24) is 4.90 Å². The number of nitrogens with zero attached hydrogens (tertiary/aromatic N) is 4. The zero-order valence-electron chi connectivity index (χ0n) is 19.4. The minimum Gasteiger partial charge on any atom is -0.488 e. The van der Waals surface area contributed by atoms with Gasteiger partial charge in [0.15, 0.2) is 5.17 Å². The fraction of sp³-hybridized carbons (Fsp3) is 0.185. The average molecular weight is 501 g/mol. The summed E-state index contributed by atoms with van der Waals surface area (Å²) in [6, 6.07) is 24.3. The Labute approximate surface area is 213 Å². The van der Waals surface area contributed by atoms with E-state index in [9.17, 15) is 14.9 Å². The molecule has 0 aliphatic carbocycles. The molecule has 5 rings (SSSR count). The van der Waals surface area contributed by atoms with E-state index in [1.165, 1.54) is 17.8 Å². The number of nitro groups is 1. The van der Waals surface area contributed by atoms with Crippen molar-refractivity contribution in [3.8, 4) is 5.75 Å². The van der Waals surface area contributed by atoms with E-state index in [0.717, 1.165) is 11.1 Å². The Kier molecular flexibility index (Phi) is 6.99. The van der Waals surface area contributed by atoms with E-state index >= 15 is 0 Å². The highest BCUT2D eigenvalue weighted by Crippen LogP contribution is 2.34. The standard InChI is InChI=1S/C27H24N4O4S/c32-26-25(18-21-10-4-7-13-24(21)35-19-20-8-2-1-3-9-20)36-27(28-26)30-16-14-29(15-17-30)22-11-5-6-12-23(22)31(33)34/h1-13,18H,14-17,19H2. The van der Waals surface area contributed by atoms with Crippen LogP contribution in [0.4, 0.5) is 11.4 Å². The van der Waals surface area contributed by atoms with Gasteiger partial charge in [-0.15, -0.1) is 0 Å². The smallest absolute Gasteiger partial charge is 0.292 e. The summed E-state index contributed by atoms with van der Waals surface area (Å²) in [7, 11) is 0. The number of thioether (sulfide) groups is 1. The number of amides is 1. The van der Waals surface area contributed by atoms with E-state index < -0.39 is 0 Å². The van der Waals surface area contributed by atoms with Crippen LogP contribution in [0, 0.1) is 10.1 Å². The van der Waals surface area contributed by atoms with Gasteiger partial charge in [-0.1, -0.05) is 60.7 Å². The van der Waals surface area contributed by atoms with E-state index in [4.69, 9.17) is 4.74 Å². The number of anilines is 1. The molecular formula is C27H24N4O4S. The van der Waals surface area contributed by atoms with E-state index in [1.807, 2.05) is 71.6 Å². The maximum Gasteiger partial charge on any atom is 0.292 e. The molecule has 0 N–H and O–H groups in total. The number of amidine groups is 1. The molecule has 1 fully saturated rings. The minimum absolute atomic E-state index is 0.104. The molecule has 0 spiro atoms. The molecule has 1 amide bonds. The topological polar surface area (TPSA) is 88.3 Å². The number of para-hydroxylation sites is 3. The van der Waals surface area contributed by atoms with Crippen molar-refractivity contribution in [2.45, 2.75) is 6.61 Å². The number of piperazine rings is 1. The molecule has 0 atom stereocenters. The first-order chi connectivity index (χ1) is 17.6. The van der Waals surface area contributed by atoms with Gasteiger partial charge in [-0.3, -0.25) is 14.9 Å². The summed E-state index contributed by atoms with van der Waals surface area (Å²) in [5.74, 6) is 0.433. The van der Waals surface area contributed by atoms with E-state index in [0.29, 0.717) is 54.3 Å². The Morgan fingerprint density at radius 2 is 1.58 bits per heavy atom. The zero-order chi connectivity index (χ0) is 24.9. The lowest BCUT2D eigenvalue weighted by atomic mass is 10.2. The van der Waals surface area contributed by atoms with Crippen LogP contribution in [0.3, 0.4) is 0 Å². The summed E-state index contributed by atoms with van der Waals surface area (Å²) in [6.45, 7) is 2.89. The van der Waals surface area contributed by atoms with Crippen LogP contribution in [0.2, 0.25) is 0 Å². The summed E-state index contributed by atoms with van der Waals surface area (Å²) in [6.07, 6.45) is 1.83. The predicted octanol–water partition coefficient (Wildman–Crippen LogP) is 4.97. The molecule has 0 saturated carbocycles. The molecule has 0 bridgehead atoms. The molecule has 0 aromatic heterocycles. The Hall–Kier alpha value is -4.11. The van der Waals surface area contributed by atoms with Crippen molar-refractivity contribution >= 4 is 40.3 Å². The maximum atomic E-state index is 12.7. The molecule has 9 heteroatoms. The second kappa shape index (κ2) is 10.7. The van der Waals surface area contributed by atoms with Crippen molar-refractivity contribution in [3.05, 3.63) is 105 Å². The summed E-state index contributed by atoms with van der Waals surface area (Å²) in [5, 5.41) is 12.1. The second-order valence-corrected chi connectivity index (χ2v) is 9.35. The number of carbonyl (C=O) groups excluding carboxylic acids is 1. The lowest BCUT2D eigenvalue weighted by Gasteiger charge is -2.36. The van der Waals surface area contributed by atoms with Crippen LogP contribution < -0.4 is 9.64 Å². The van der Waals surface area contributed by atoms with Crippen LogP contribution >= 0.6 is 11.8 Å². The third kappa shape index (κ3) is 5.26. The molecule has 2 aliphatic heterocycles. The maximum absolute atomic E-state index is 12.7. The van der Waals surface area contributed by atoms with Crippen molar-refractivity contribution in [2.75, 3.05) is 31.1 Å².